The minimum atomic E-state index is -0.0152. The molecule has 2 N–H and O–H groups in total. The van der Waals surface area contributed by atoms with Crippen LogP contribution in [0, 0.1) is 11.8 Å². The molecule has 4 aromatic rings. The number of imidazole rings is 2. The van der Waals surface area contributed by atoms with E-state index >= 15 is 0 Å². The lowest BCUT2D eigenvalue weighted by molar-refractivity contribution is -0.138. The van der Waals surface area contributed by atoms with E-state index in [9.17, 15) is 4.79 Å². The van der Waals surface area contributed by atoms with Gasteiger partial charge in [-0.2, -0.15) is 0 Å². The van der Waals surface area contributed by atoms with Gasteiger partial charge in [-0.15, -0.1) is 0 Å². The fourth-order valence-corrected chi connectivity index (χ4v) is 7.28. The smallest absolute Gasteiger partial charge is 0.223 e. The molecule has 2 saturated heterocycles. The fourth-order valence-electron chi connectivity index (χ4n) is 6.83. The van der Waals surface area contributed by atoms with E-state index in [4.69, 9.17) is 28.2 Å². The number of aromatic nitrogens is 4. The molecule has 3 aliphatic rings. The van der Waals surface area contributed by atoms with Crippen molar-refractivity contribution in [2.45, 2.75) is 57.0 Å². The van der Waals surface area contributed by atoms with E-state index in [-0.39, 0.29) is 17.5 Å². The number of rotatable bonds is 4. The topological polar surface area (TPSA) is 77.7 Å². The maximum atomic E-state index is 13.4. The van der Waals surface area contributed by atoms with Gasteiger partial charge in [0.2, 0.25) is 5.91 Å². The van der Waals surface area contributed by atoms with Crippen LogP contribution in [0.1, 0.15) is 57.3 Å². The zero-order chi connectivity index (χ0) is 26.0. The zero-order valence-corrected chi connectivity index (χ0v) is 22.7. The summed E-state index contributed by atoms with van der Waals surface area (Å²) in [6.07, 6.45) is 7.80. The van der Waals surface area contributed by atoms with Crippen LogP contribution in [-0.2, 0) is 4.79 Å². The molecule has 6 nitrogen and oxygen atoms in total. The van der Waals surface area contributed by atoms with Gasteiger partial charge in [0, 0.05) is 23.1 Å². The van der Waals surface area contributed by atoms with E-state index in [2.05, 4.69) is 63.2 Å². The Labute approximate surface area is 231 Å². The molecular weight excluding hydrogens is 517 g/mol. The summed E-state index contributed by atoms with van der Waals surface area (Å²) < 4.78 is 0. The van der Waals surface area contributed by atoms with Crippen LogP contribution in [0.15, 0.2) is 54.9 Å². The first-order chi connectivity index (χ1) is 18.4. The minimum Gasteiger partial charge on any atom is -0.335 e. The van der Waals surface area contributed by atoms with Crippen LogP contribution in [0.4, 0.5) is 0 Å². The van der Waals surface area contributed by atoms with Gasteiger partial charge >= 0.3 is 0 Å². The number of aromatic amines is 2. The monoisotopic (exact) mass is 545 g/mol. The average Bonchev–Trinajstić information content (AvgIpc) is 3.19. The average molecular weight is 547 g/mol. The molecule has 8 heteroatoms. The van der Waals surface area contributed by atoms with Crippen molar-refractivity contribution in [3.63, 3.8) is 0 Å². The van der Waals surface area contributed by atoms with Crippen LogP contribution in [0.3, 0.4) is 0 Å². The Hall–Kier alpha value is -3.09. The Morgan fingerprint density at radius 2 is 1.61 bits per heavy atom. The number of nitrogens with zero attached hydrogens (tertiary/aromatic N) is 3. The molecule has 2 aliphatic heterocycles. The Morgan fingerprint density at radius 3 is 2.26 bits per heavy atom. The first-order valence-electron chi connectivity index (χ1n) is 13.4. The molecule has 0 bridgehead atoms. The van der Waals surface area contributed by atoms with Crippen molar-refractivity contribution in [2.24, 2.45) is 11.8 Å². The molecule has 1 aliphatic carbocycles. The Bertz CT molecular complexity index is 1510. The third-order valence-corrected chi connectivity index (χ3v) is 9.40. The van der Waals surface area contributed by atoms with Gasteiger partial charge in [-0.25, -0.2) is 9.97 Å². The highest BCUT2D eigenvalue weighted by Crippen LogP contribution is 2.65. The van der Waals surface area contributed by atoms with E-state index in [0.717, 1.165) is 65.1 Å². The lowest BCUT2D eigenvalue weighted by Crippen LogP contribution is -2.43. The second-order valence-corrected chi connectivity index (χ2v) is 12.0. The van der Waals surface area contributed by atoms with Gasteiger partial charge in [0.25, 0.3) is 0 Å². The van der Waals surface area contributed by atoms with Gasteiger partial charge in [0.05, 0.1) is 12.4 Å². The highest BCUT2D eigenvalue weighted by molar-refractivity contribution is 6.32. The highest BCUT2D eigenvalue weighted by atomic mass is 35.5. The fraction of sp³-hybridized carbons (Fsp3) is 0.367. The van der Waals surface area contributed by atoms with Crippen molar-refractivity contribution >= 4 is 29.1 Å². The third-order valence-electron chi connectivity index (χ3n) is 8.83. The maximum absolute atomic E-state index is 13.4. The van der Waals surface area contributed by atoms with Crippen LogP contribution in [0.5, 0.6) is 0 Å². The van der Waals surface area contributed by atoms with Crippen molar-refractivity contribution in [3.8, 4) is 33.6 Å². The van der Waals surface area contributed by atoms with Crippen molar-refractivity contribution in [2.75, 3.05) is 0 Å². The quantitative estimate of drug-likeness (QED) is 0.276. The molecule has 4 atom stereocenters. The number of H-pyrrole nitrogens is 2. The molecule has 7 rings (SSSR count). The highest BCUT2D eigenvalue weighted by Gasteiger charge is 2.66. The number of hydrogen-bond donors (Lipinski definition) is 2. The summed E-state index contributed by atoms with van der Waals surface area (Å²) in [6, 6.07) is 16.4. The van der Waals surface area contributed by atoms with Crippen LogP contribution >= 0.6 is 23.2 Å². The predicted octanol–water partition coefficient (Wildman–Crippen LogP) is 7.68. The second-order valence-electron chi connectivity index (χ2n) is 11.2. The van der Waals surface area contributed by atoms with Crippen molar-refractivity contribution in [3.05, 3.63) is 71.0 Å². The molecule has 2 aromatic heterocycles. The SMILES string of the molecule is CC1CCCC23CC2CC(c2nc(-c4ccc(-c5ccc(-c6nc[nH]c6Cl)cc5)cc4)c(Cl)[nH]2)N3C(=O)C1. The van der Waals surface area contributed by atoms with Gasteiger partial charge in [-0.1, -0.05) is 91.5 Å². The van der Waals surface area contributed by atoms with Gasteiger partial charge in [-0.05, 0) is 42.2 Å². The molecular formula is C30H29Cl2N5O. The molecule has 2 aromatic carbocycles. The van der Waals surface area contributed by atoms with Crippen LogP contribution < -0.4 is 0 Å². The van der Waals surface area contributed by atoms with E-state index in [1.54, 1.807) is 6.33 Å². The summed E-state index contributed by atoms with van der Waals surface area (Å²) in [5.41, 5.74) is 5.65. The molecule has 194 valence electrons. The van der Waals surface area contributed by atoms with E-state index < -0.39 is 0 Å². The van der Waals surface area contributed by atoms with E-state index in [1.165, 1.54) is 6.42 Å². The third kappa shape index (κ3) is 3.88. The molecule has 4 heterocycles. The minimum absolute atomic E-state index is 0.0152. The first kappa shape index (κ1) is 24.0. The molecule has 38 heavy (non-hydrogen) atoms. The number of carbonyl (C=O) groups excluding carboxylic acids is 1. The molecule has 3 fully saturated rings. The van der Waals surface area contributed by atoms with Crippen molar-refractivity contribution < 1.29 is 4.79 Å². The Kier molecular flexibility index (Phi) is 5.68. The van der Waals surface area contributed by atoms with Crippen molar-refractivity contribution in [1.29, 1.82) is 0 Å². The molecule has 0 radical (unpaired) electrons. The standard InChI is InChI=1S/C30H29Cl2N5O/c1-17-3-2-12-30-15-22(30)14-23(37(30)24(38)13-17)29-35-26(28(32)36-29)21-10-6-19(7-11-21)18-4-8-20(9-5-18)25-27(31)34-16-33-25/h4-11,16-17,22-23H,2-3,12-15H2,1H3,(H,33,34)(H,35,36). The predicted molar refractivity (Wildman–Crippen MR) is 150 cm³/mol. The van der Waals surface area contributed by atoms with Gasteiger partial charge in [0.1, 0.15) is 27.5 Å². The lowest BCUT2D eigenvalue weighted by Gasteiger charge is -2.36. The number of nitrogens with one attached hydrogen (secondary N) is 2. The van der Waals surface area contributed by atoms with E-state index in [1.807, 2.05) is 12.1 Å². The Balaban J connectivity index is 1.13. The summed E-state index contributed by atoms with van der Waals surface area (Å²) in [4.78, 5) is 31.0. The maximum Gasteiger partial charge on any atom is 0.223 e. The molecule has 1 saturated carbocycles. The van der Waals surface area contributed by atoms with E-state index in [0.29, 0.717) is 28.6 Å². The molecule has 4 unspecified atom stereocenters. The number of amides is 1. The summed E-state index contributed by atoms with van der Waals surface area (Å²) in [5, 5.41) is 1.06. The van der Waals surface area contributed by atoms with Crippen molar-refractivity contribution in [1.82, 2.24) is 24.8 Å². The second kappa shape index (κ2) is 8.99. The summed E-state index contributed by atoms with van der Waals surface area (Å²) in [7, 11) is 0. The number of carbonyl (C=O) groups is 1. The lowest BCUT2D eigenvalue weighted by atomic mass is 9.93. The van der Waals surface area contributed by atoms with Crippen LogP contribution in [0.2, 0.25) is 10.3 Å². The number of halogens is 2. The number of piperidine rings is 1. The summed E-state index contributed by atoms with van der Waals surface area (Å²) in [5.74, 6) is 2.12. The van der Waals surface area contributed by atoms with Gasteiger partial charge < -0.3 is 14.9 Å². The normalized spacial score (nSPS) is 26.6. The summed E-state index contributed by atoms with van der Waals surface area (Å²) in [6.45, 7) is 2.19. The first-order valence-corrected chi connectivity index (χ1v) is 14.2. The molecule has 1 spiro atoms. The van der Waals surface area contributed by atoms with Crippen LogP contribution in [-0.4, -0.2) is 36.3 Å². The Morgan fingerprint density at radius 1 is 0.947 bits per heavy atom. The van der Waals surface area contributed by atoms with Gasteiger partial charge in [-0.3, -0.25) is 4.79 Å². The zero-order valence-electron chi connectivity index (χ0n) is 21.2. The number of benzene rings is 2. The van der Waals surface area contributed by atoms with Crippen LogP contribution in [0.25, 0.3) is 33.6 Å². The number of hydrogen-bond acceptors (Lipinski definition) is 3. The molecule has 1 amide bonds. The summed E-state index contributed by atoms with van der Waals surface area (Å²) >= 11 is 12.9. The van der Waals surface area contributed by atoms with Gasteiger partial charge in [0.15, 0.2) is 0 Å². The largest absolute Gasteiger partial charge is 0.335 e.